The van der Waals surface area contributed by atoms with Crippen molar-refractivity contribution in [3.05, 3.63) is 27.3 Å². The molecule has 0 aromatic heterocycles. The fourth-order valence-electron chi connectivity index (χ4n) is 1.03. The molecule has 1 aromatic carbocycles. The van der Waals surface area contributed by atoms with Crippen LogP contribution < -0.4 is 5.73 Å². The standard InChI is InChI=1S/C9H10INO3/c10-6-2-1-5(4-8(6)12)3-7(11)9(13)14/h1-2,4,7,12H,3,11H2,(H,13,14). The van der Waals surface area contributed by atoms with Gasteiger partial charge in [0.1, 0.15) is 11.8 Å². The van der Waals surface area contributed by atoms with Crippen LogP contribution in [0.15, 0.2) is 18.2 Å². The van der Waals surface area contributed by atoms with Gasteiger partial charge in [0.2, 0.25) is 0 Å². The molecule has 1 atom stereocenters. The zero-order valence-electron chi connectivity index (χ0n) is 7.27. The minimum atomic E-state index is -1.04. The van der Waals surface area contributed by atoms with E-state index in [2.05, 4.69) is 0 Å². The number of aliphatic carboxylic acids is 1. The molecular formula is C9H10INO3. The van der Waals surface area contributed by atoms with Crippen molar-refractivity contribution < 1.29 is 15.0 Å². The average Bonchev–Trinajstić information content (AvgIpc) is 2.11. The summed E-state index contributed by atoms with van der Waals surface area (Å²) in [5, 5.41) is 17.9. The summed E-state index contributed by atoms with van der Waals surface area (Å²) in [4.78, 5) is 10.5. The van der Waals surface area contributed by atoms with Crippen molar-refractivity contribution in [3.63, 3.8) is 0 Å². The Balaban J connectivity index is 2.78. The highest BCUT2D eigenvalue weighted by Gasteiger charge is 2.12. The van der Waals surface area contributed by atoms with Gasteiger partial charge in [-0.3, -0.25) is 4.79 Å². The van der Waals surface area contributed by atoms with E-state index in [1.54, 1.807) is 12.1 Å². The number of phenols is 1. The normalized spacial score (nSPS) is 12.4. The average molecular weight is 307 g/mol. The Hall–Kier alpha value is -0.820. The predicted octanol–water partition coefficient (Wildman–Crippen LogP) is 0.951. The summed E-state index contributed by atoms with van der Waals surface area (Å²) in [5.74, 6) is -0.885. The van der Waals surface area contributed by atoms with Gasteiger partial charge in [-0.1, -0.05) is 6.07 Å². The smallest absolute Gasteiger partial charge is 0.320 e. The van der Waals surface area contributed by atoms with Crippen LogP contribution in [0, 0.1) is 3.57 Å². The van der Waals surface area contributed by atoms with Gasteiger partial charge in [0.05, 0.1) is 3.57 Å². The van der Waals surface area contributed by atoms with Gasteiger partial charge in [-0.2, -0.15) is 0 Å². The van der Waals surface area contributed by atoms with Crippen molar-refractivity contribution in [1.29, 1.82) is 0 Å². The molecule has 0 bridgehead atoms. The first-order chi connectivity index (χ1) is 6.50. The quantitative estimate of drug-likeness (QED) is 0.726. The largest absolute Gasteiger partial charge is 0.507 e. The van der Waals surface area contributed by atoms with E-state index in [1.807, 2.05) is 22.6 Å². The van der Waals surface area contributed by atoms with Gasteiger partial charge >= 0.3 is 5.97 Å². The summed E-state index contributed by atoms with van der Waals surface area (Å²) < 4.78 is 0.732. The summed E-state index contributed by atoms with van der Waals surface area (Å²) in [6.07, 6.45) is 0.222. The van der Waals surface area contributed by atoms with E-state index in [9.17, 15) is 9.90 Å². The van der Waals surface area contributed by atoms with E-state index in [4.69, 9.17) is 10.8 Å². The molecule has 0 aliphatic heterocycles. The van der Waals surface area contributed by atoms with Gasteiger partial charge in [-0.05, 0) is 46.7 Å². The summed E-state index contributed by atoms with van der Waals surface area (Å²) in [6.45, 7) is 0. The van der Waals surface area contributed by atoms with Crippen LogP contribution in [0.4, 0.5) is 0 Å². The number of hydrogen-bond donors (Lipinski definition) is 3. The number of rotatable bonds is 3. The molecule has 4 N–H and O–H groups in total. The molecule has 0 radical (unpaired) electrons. The topological polar surface area (TPSA) is 83.5 Å². The molecule has 0 aliphatic rings. The molecular weight excluding hydrogens is 297 g/mol. The maximum Gasteiger partial charge on any atom is 0.320 e. The lowest BCUT2D eigenvalue weighted by atomic mass is 10.1. The van der Waals surface area contributed by atoms with Crippen LogP contribution in [0.2, 0.25) is 0 Å². The van der Waals surface area contributed by atoms with Crippen LogP contribution in [0.3, 0.4) is 0 Å². The Bertz CT molecular complexity index is 354. The number of halogens is 1. The van der Waals surface area contributed by atoms with Gasteiger partial charge in [-0.15, -0.1) is 0 Å². The fourth-order valence-corrected chi connectivity index (χ4v) is 1.36. The third-order valence-corrected chi connectivity index (χ3v) is 2.70. The molecule has 0 amide bonds. The molecule has 1 unspecified atom stereocenters. The van der Waals surface area contributed by atoms with Crippen LogP contribution >= 0.6 is 22.6 Å². The molecule has 14 heavy (non-hydrogen) atoms. The number of carbonyl (C=O) groups is 1. The summed E-state index contributed by atoms with van der Waals surface area (Å²) in [7, 11) is 0. The second-order valence-corrected chi connectivity index (χ2v) is 4.10. The van der Waals surface area contributed by atoms with Crippen LogP contribution in [0.1, 0.15) is 5.56 Å². The number of phenolic OH excluding ortho intramolecular Hbond substituents is 1. The molecule has 0 spiro atoms. The second-order valence-electron chi connectivity index (χ2n) is 2.93. The number of benzene rings is 1. The van der Waals surface area contributed by atoms with E-state index in [0.717, 1.165) is 9.13 Å². The van der Waals surface area contributed by atoms with Gasteiger partial charge in [0.15, 0.2) is 0 Å². The van der Waals surface area contributed by atoms with Crippen LogP contribution in [0.25, 0.3) is 0 Å². The van der Waals surface area contributed by atoms with Crippen molar-refractivity contribution in [1.82, 2.24) is 0 Å². The first-order valence-electron chi connectivity index (χ1n) is 3.96. The Morgan fingerprint density at radius 2 is 2.21 bits per heavy atom. The summed E-state index contributed by atoms with van der Waals surface area (Å²) in [5.41, 5.74) is 6.07. The Kier molecular flexibility index (Phi) is 3.70. The highest BCUT2D eigenvalue weighted by atomic mass is 127. The van der Waals surface area contributed by atoms with E-state index in [1.165, 1.54) is 6.07 Å². The number of nitrogens with two attached hydrogens (primary N) is 1. The zero-order chi connectivity index (χ0) is 10.7. The monoisotopic (exact) mass is 307 g/mol. The molecule has 0 saturated carbocycles. The minimum Gasteiger partial charge on any atom is -0.507 e. The molecule has 76 valence electrons. The van der Waals surface area contributed by atoms with E-state index < -0.39 is 12.0 Å². The zero-order valence-corrected chi connectivity index (χ0v) is 9.43. The third-order valence-electron chi connectivity index (χ3n) is 1.78. The maximum atomic E-state index is 10.5. The number of carboxylic acid groups (broad SMARTS) is 1. The lowest BCUT2D eigenvalue weighted by Gasteiger charge is -2.07. The van der Waals surface area contributed by atoms with Crippen LogP contribution in [-0.4, -0.2) is 22.2 Å². The second kappa shape index (κ2) is 4.61. The highest BCUT2D eigenvalue weighted by Crippen LogP contribution is 2.20. The number of aromatic hydroxyl groups is 1. The Labute approximate surface area is 94.9 Å². The molecule has 0 aliphatic carbocycles. The van der Waals surface area contributed by atoms with Crippen LogP contribution in [-0.2, 0) is 11.2 Å². The summed E-state index contributed by atoms with van der Waals surface area (Å²) >= 11 is 1.99. The molecule has 4 nitrogen and oxygen atoms in total. The minimum absolute atomic E-state index is 0.153. The van der Waals surface area contributed by atoms with Gasteiger partial charge in [0, 0.05) is 0 Å². The third kappa shape index (κ3) is 2.85. The van der Waals surface area contributed by atoms with Gasteiger partial charge in [-0.25, -0.2) is 0 Å². The van der Waals surface area contributed by atoms with Crippen molar-refractivity contribution in [2.24, 2.45) is 5.73 Å². The highest BCUT2D eigenvalue weighted by molar-refractivity contribution is 14.1. The molecule has 0 fully saturated rings. The van der Waals surface area contributed by atoms with E-state index in [-0.39, 0.29) is 12.2 Å². The first kappa shape index (κ1) is 11.3. The Morgan fingerprint density at radius 1 is 1.57 bits per heavy atom. The predicted molar refractivity (Wildman–Crippen MR) is 60.1 cm³/mol. The fraction of sp³-hybridized carbons (Fsp3) is 0.222. The molecule has 0 saturated heterocycles. The van der Waals surface area contributed by atoms with Crippen molar-refractivity contribution in [2.45, 2.75) is 12.5 Å². The lowest BCUT2D eigenvalue weighted by Crippen LogP contribution is -2.32. The summed E-state index contributed by atoms with van der Waals surface area (Å²) in [6, 6.07) is 4.09. The van der Waals surface area contributed by atoms with E-state index >= 15 is 0 Å². The molecule has 0 heterocycles. The van der Waals surface area contributed by atoms with Crippen molar-refractivity contribution in [3.8, 4) is 5.75 Å². The Morgan fingerprint density at radius 3 is 2.71 bits per heavy atom. The molecule has 5 heteroatoms. The van der Waals surface area contributed by atoms with Gasteiger partial charge < -0.3 is 15.9 Å². The number of hydrogen-bond acceptors (Lipinski definition) is 3. The lowest BCUT2D eigenvalue weighted by molar-refractivity contribution is -0.138. The van der Waals surface area contributed by atoms with Crippen molar-refractivity contribution in [2.75, 3.05) is 0 Å². The maximum absolute atomic E-state index is 10.5. The molecule has 1 aromatic rings. The SMILES string of the molecule is NC(Cc1ccc(I)c(O)c1)C(=O)O. The van der Waals surface area contributed by atoms with Crippen molar-refractivity contribution >= 4 is 28.6 Å². The molecule has 1 rings (SSSR count). The van der Waals surface area contributed by atoms with Gasteiger partial charge in [0.25, 0.3) is 0 Å². The first-order valence-corrected chi connectivity index (χ1v) is 5.04. The number of carboxylic acids is 1. The van der Waals surface area contributed by atoms with E-state index in [0.29, 0.717) is 0 Å². The van der Waals surface area contributed by atoms with Crippen LogP contribution in [0.5, 0.6) is 5.75 Å².